The van der Waals surface area contributed by atoms with E-state index in [0.29, 0.717) is 5.69 Å². The van der Waals surface area contributed by atoms with E-state index < -0.39 is 0 Å². The summed E-state index contributed by atoms with van der Waals surface area (Å²) in [7, 11) is 0. The zero-order chi connectivity index (χ0) is 13.4. The average molecular weight is 252 g/mol. The molecule has 0 unspecified atom stereocenters. The van der Waals surface area contributed by atoms with Gasteiger partial charge in [-0.3, -0.25) is 4.79 Å². The highest BCUT2D eigenvalue weighted by atomic mass is 16.5. The smallest absolute Gasteiger partial charge is 0.179 e. The van der Waals surface area contributed by atoms with Gasteiger partial charge in [-0.25, -0.2) is 4.98 Å². The van der Waals surface area contributed by atoms with Gasteiger partial charge in [0.1, 0.15) is 11.9 Å². The van der Waals surface area contributed by atoms with Gasteiger partial charge in [-0.05, 0) is 12.8 Å². The molecule has 18 heavy (non-hydrogen) atoms. The fraction of sp³-hybridized carbons (Fsp3) is 0.692. The molecule has 0 saturated carbocycles. The predicted octanol–water partition coefficient (Wildman–Crippen LogP) is 1.56. The molecule has 4 atom stereocenters. The van der Waals surface area contributed by atoms with Crippen molar-refractivity contribution in [2.75, 3.05) is 6.61 Å². The third kappa shape index (κ3) is 1.97. The highest BCUT2D eigenvalue weighted by Crippen LogP contribution is 2.39. The van der Waals surface area contributed by atoms with E-state index in [2.05, 4.69) is 18.8 Å². The summed E-state index contributed by atoms with van der Waals surface area (Å²) in [5.41, 5.74) is 1.32. The molecule has 1 saturated heterocycles. The number of imidazole rings is 1. The molecule has 0 aliphatic carbocycles. The molecule has 100 valence electrons. The first kappa shape index (κ1) is 13.2. The summed E-state index contributed by atoms with van der Waals surface area (Å²) in [6, 6.07) is 0. The van der Waals surface area contributed by atoms with Crippen LogP contribution in [0.1, 0.15) is 43.2 Å². The van der Waals surface area contributed by atoms with E-state index in [1.54, 1.807) is 6.33 Å². The van der Waals surface area contributed by atoms with E-state index in [4.69, 9.17) is 4.74 Å². The van der Waals surface area contributed by atoms with Crippen LogP contribution >= 0.6 is 0 Å². The van der Waals surface area contributed by atoms with Crippen molar-refractivity contribution >= 4 is 5.78 Å². The Labute approximate surface area is 107 Å². The molecule has 0 aromatic carbocycles. The number of carbonyl (C=O) groups is 1. The Morgan fingerprint density at radius 1 is 1.50 bits per heavy atom. The van der Waals surface area contributed by atoms with Gasteiger partial charge in [-0.15, -0.1) is 0 Å². The van der Waals surface area contributed by atoms with Crippen molar-refractivity contribution in [1.29, 1.82) is 0 Å². The molecular weight excluding hydrogens is 232 g/mol. The van der Waals surface area contributed by atoms with Crippen LogP contribution in [0.2, 0.25) is 0 Å². The van der Waals surface area contributed by atoms with Crippen molar-refractivity contribution in [2.45, 2.75) is 40.0 Å². The Morgan fingerprint density at radius 2 is 2.17 bits per heavy atom. The van der Waals surface area contributed by atoms with Crippen LogP contribution < -0.4 is 0 Å². The van der Waals surface area contributed by atoms with Gasteiger partial charge in [0.2, 0.25) is 0 Å². The first-order valence-corrected chi connectivity index (χ1v) is 6.28. The number of ketones is 1. The number of aliphatic hydroxyl groups is 1. The normalized spacial score (nSPS) is 31.8. The van der Waals surface area contributed by atoms with Crippen LogP contribution in [0, 0.1) is 18.8 Å². The number of nitrogens with zero attached hydrogens (tertiary/aromatic N) is 2. The number of aromatic nitrogens is 2. The number of rotatable bonds is 3. The van der Waals surface area contributed by atoms with Gasteiger partial charge < -0.3 is 14.4 Å². The van der Waals surface area contributed by atoms with Crippen LogP contribution in [-0.4, -0.2) is 33.2 Å². The van der Waals surface area contributed by atoms with Gasteiger partial charge in [0.15, 0.2) is 5.78 Å². The van der Waals surface area contributed by atoms with Crippen molar-refractivity contribution in [3.8, 4) is 0 Å². The highest BCUT2D eigenvalue weighted by molar-refractivity contribution is 5.93. The first-order chi connectivity index (χ1) is 8.47. The molecule has 1 aromatic rings. The standard InChI is InChI=1S/C13H20N2O3/c1-7-8(2)13(18-11(7)5-16)15-6-14-12(9(15)3)10(4)17/h6-8,11,13,16H,5H2,1-4H3/t7-,8+,11+,13+/m0/s1. The van der Waals surface area contributed by atoms with E-state index in [-0.39, 0.29) is 36.6 Å². The zero-order valence-electron chi connectivity index (χ0n) is 11.3. The van der Waals surface area contributed by atoms with Crippen LogP contribution in [0.4, 0.5) is 0 Å². The van der Waals surface area contributed by atoms with Crippen LogP contribution in [0.5, 0.6) is 0 Å². The van der Waals surface area contributed by atoms with Crippen LogP contribution in [0.15, 0.2) is 6.33 Å². The van der Waals surface area contributed by atoms with E-state index in [0.717, 1.165) is 5.69 Å². The lowest BCUT2D eigenvalue weighted by Crippen LogP contribution is -2.19. The fourth-order valence-corrected chi connectivity index (χ4v) is 2.58. The summed E-state index contributed by atoms with van der Waals surface area (Å²) in [4.78, 5) is 15.5. The summed E-state index contributed by atoms with van der Waals surface area (Å²) >= 11 is 0. The van der Waals surface area contributed by atoms with Gasteiger partial charge in [-0.2, -0.15) is 0 Å². The van der Waals surface area contributed by atoms with E-state index in [9.17, 15) is 9.90 Å². The van der Waals surface area contributed by atoms with Gasteiger partial charge in [0.05, 0.1) is 19.0 Å². The van der Waals surface area contributed by atoms with Gasteiger partial charge in [-0.1, -0.05) is 13.8 Å². The largest absolute Gasteiger partial charge is 0.394 e. The third-order valence-corrected chi connectivity index (χ3v) is 4.01. The minimum absolute atomic E-state index is 0.0231. The Bertz CT molecular complexity index is 455. The van der Waals surface area contributed by atoms with Crippen LogP contribution in [-0.2, 0) is 4.74 Å². The molecule has 1 aliphatic rings. The second-order valence-electron chi connectivity index (χ2n) is 5.11. The second kappa shape index (κ2) is 4.82. The molecule has 2 heterocycles. The van der Waals surface area contributed by atoms with Crippen molar-refractivity contribution < 1.29 is 14.6 Å². The Morgan fingerprint density at radius 3 is 2.61 bits per heavy atom. The van der Waals surface area contributed by atoms with Crippen LogP contribution in [0.25, 0.3) is 0 Å². The SMILES string of the molecule is CC(=O)c1ncn([C@@H]2O[C@H](CO)[C@@H](C)[C@H]2C)c1C. The highest BCUT2D eigenvalue weighted by Gasteiger charge is 2.40. The maximum Gasteiger partial charge on any atom is 0.179 e. The van der Waals surface area contributed by atoms with Gasteiger partial charge in [0, 0.05) is 18.5 Å². The molecule has 0 bridgehead atoms. The van der Waals surface area contributed by atoms with Gasteiger partial charge >= 0.3 is 0 Å². The first-order valence-electron chi connectivity index (χ1n) is 6.28. The van der Waals surface area contributed by atoms with E-state index >= 15 is 0 Å². The summed E-state index contributed by atoms with van der Waals surface area (Å²) in [5.74, 6) is 0.515. The van der Waals surface area contributed by atoms with E-state index in [1.807, 2.05) is 11.5 Å². The number of carbonyl (C=O) groups excluding carboxylic acids is 1. The monoisotopic (exact) mass is 252 g/mol. The molecule has 1 aromatic heterocycles. The Hall–Kier alpha value is -1.20. The maximum absolute atomic E-state index is 11.4. The molecule has 0 radical (unpaired) electrons. The quantitative estimate of drug-likeness (QED) is 0.829. The average Bonchev–Trinajstić information content (AvgIpc) is 2.82. The van der Waals surface area contributed by atoms with Gasteiger partial charge in [0.25, 0.3) is 0 Å². The number of hydrogen-bond donors (Lipinski definition) is 1. The molecule has 0 spiro atoms. The van der Waals surface area contributed by atoms with Crippen molar-refractivity contribution in [3.05, 3.63) is 17.7 Å². The minimum atomic E-state index is -0.155. The Kier molecular flexibility index (Phi) is 3.54. The van der Waals surface area contributed by atoms with Crippen molar-refractivity contribution in [2.24, 2.45) is 11.8 Å². The summed E-state index contributed by atoms with van der Waals surface area (Å²) in [6.45, 7) is 7.57. The number of Topliss-reactive ketones (excluding diaryl/α,β-unsaturated/α-hetero) is 1. The molecule has 5 nitrogen and oxygen atoms in total. The topological polar surface area (TPSA) is 64.4 Å². The lowest BCUT2D eigenvalue weighted by molar-refractivity contribution is -0.0361. The van der Waals surface area contributed by atoms with Crippen LogP contribution in [0.3, 0.4) is 0 Å². The molecular formula is C13H20N2O3. The third-order valence-electron chi connectivity index (χ3n) is 4.01. The molecule has 1 aliphatic heterocycles. The lowest BCUT2D eigenvalue weighted by Gasteiger charge is -2.19. The predicted molar refractivity (Wildman–Crippen MR) is 66.3 cm³/mol. The number of hydrogen-bond acceptors (Lipinski definition) is 4. The maximum atomic E-state index is 11.4. The van der Waals surface area contributed by atoms with Crippen molar-refractivity contribution in [1.82, 2.24) is 9.55 Å². The van der Waals surface area contributed by atoms with Crippen molar-refractivity contribution in [3.63, 3.8) is 0 Å². The molecule has 5 heteroatoms. The fourth-order valence-electron chi connectivity index (χ4n) is 2.58. The molecule has 1 N–H and O–H groups in total. The molecule has 2 rings (SSSR count). The minimum Gasteiger partial charge on any atom is -0.394 e. The van der Waals surface area contributed by atoms with E-state index in [1.165, 1.54) is 6.92 Å². The molecule has 0 amide bonds. The number of ether oxygens (including phenoxy) is 1. The summed E-state index contributed by atoms with van der Waals surface area (Å²) < 4.78 is 7.75. The number of aliphatic hydroxyl groups excluding tert-OH is 1. The second-order valence-corrected chi connectivity index (χ2v) is 5.11. The lowest BCUT2D eigenvalue weighted by atomic mass is 9.93. The zero-order valence-corrected chi connectivity index (χ0v) is 11.3. The summed E-state index contributed by atoms with van der Waals surface area (Å²) in [5, 5.41) is 9.28. The Balaban J connectivity index is 2.30. The summed E-state index contributed by atoms with van der Waals surface area (Å²) in [6.07, 6.45) is 1.35. The molecule has 1 fully saturated rings.